The van der Waals surface area contributed by atoms with E-state index in [0.717, 1.165) is 23.2 Å². The first kappa shape index (κ1) is 27.9. The van der Waals surface area contributed by atoms with E-state index in [1.165, 1.54) is 49.9 Å². The van der Waals surface area contributed by atoms with Crippen molar-refractivity contribution in [3.63, 3.8) is 0 Å². The molecule has 0 spiro atoms. The standard InChI is InChI=1S/C32H33FN6O2S/c1-22-5-12-31(28(33)17-22)42(40,41)37-27-9-7-26(8-10-27)36-32-19-29(34-21-35-32)24-6-11-30-25(18-24)13-16-39(30)20-23(2)38-14-3-4-15-38/h5-13,16-19,21,23,37H,3-4,14-15,20H2,1-2H3,(H,34,35,36). The lowest BCUT2D eigenvalue weighted by molar-refractivity contribution is 0.237. The van der Waals surface area contributed by atoms with Gasteiger partial charge in [-0.15, -0.1) is 0 Å². The minimum atomic E-state index is -4.06. The summed E-state index contributed by atoms with van der Waals surface area (Å²) in [6.07, 6.45) is 6.26. The fourth-order valence-electron chi connectivity index (χ4n) is 5.49. The van der Waals surface area contributed by atoms with E-state index < -0.39 is 20.7 Å². The molecule has 6 rings (SSSR count). The third-order valence-electron chi connectivity index (χ3n) is 7.75. The lowest BCUT2D eigenvalue weighted by atomic mass is 10.1. The van der Waals surface area contributed by atoms with Gasteiger partial charge in [0, 0.05) is 52.7 Å². The van der Waals surface area contributed by atoms with Gasteiger partial charge in [0.15, 0.2) is 0 Å². The molecule has 2 N–H and O–H groups in total. The molecule has 0 amide bonds. The van der Waals surface area contributed by atoms with E-state index in [-0.39, 0.29) is 0 Å². The molecular formula is C32H33FN6O2S. The summed E-state index contributed by atoms with van der Waals surface area (Å²) in [5, 5.41) is 4.41. The Morgan fingerprint density at radius 2 is 1.69 bits per heavy atom. The van der Waals surface area contributed by atoms with Gasteiger partial charge >= 0.3 is 0 Å². The van der Waals surface area contributed by atoms with Gasteiger partial charge in [-0.1, -0.05) is 12.1 Å². The molecule has 0 bridgehead atoms. The number of nitrogens with one attached hydrogen (secondary N) is 2. The van der Waals surface area contributed by atoms with Crippen LogP contribution in [0.3, 0.4) is 0 Å². The highest BCUT2D eigenvalue weighted by molar-refractivity contribution is 7.92. The predicted octanol–water partition coefficient (Wildman–Crippen LogP) is 6.57. The van der Waals surface area contributed by atoms with Gasteiger partial charge in [0.1, 0.15) is 22.9 Å². The summed E-state index contributed by atoms with van der Waals surface area (Å²) in [6.45, 7) is 7.35. The Morgan fingerprint density at radius 3 is 2.45 bits per heavy atom. The molecule has 3 aromatic carbocycles. The van der Waals surface area contributed by atoms with Crippen LogP contribution in [0.25, 0.3) is 22.2 Å². The molecule has 1 fully saturated rings. The summed E-state index contributed by atoms with van der Waals surface area (Å²) < 4.78 is 44.4. The van der Waals surface area contributed by atoms with Crippen molar-refractivity contribution in [2.24, 2.45) is 0 Å². The number of nitrogens with zero attached hydrogens (tertiary/aromatic N) is 4. The summed E-state index contributed by atoms with van der Waals surface area (Å²) in [4.78, 5) is 11.0. The molecule has 1 atom stereocenters. The van der Waals surface area contributed by atoms with E-state index >= 15 is 0 Å². The first-order chi connectivity index (χ1) is 20.2. The van der Waals surface area contributed by atoms with Crippen LogP contribution in [0.5, 0.6) is 0 Å². The molecular weight excluding hydrogens is 551 g/mol. The van der Waals surface area contributed by atoms with E-state index in [1.807, 2.05) is 6.07 Å². The zero-order chi connectivity index (χ0) is 29.3. The van der Waals surface area contributed by atoms with Gasteiger partial charge < -0.3 is 9.88 Å². The van der Waals surface area contributed by atoms with Crippen LogP contribution in [-0.2, 0) is 16.6 Å². The Bertz CT molecular complexity index is 1830. The molecule has 1 aliphatic heterocycles. The number of benzene rings is 3. The van der Waals surface area contributed by atoms with Gasteiger partial charge in [0.05, 0.1) is 5.69 Å². The van der Waals surface area contributed by atoms with Crippen molar-refractivity contribution in [1.29, 1.82) is 0 Å². The smallest absolute Gasteiger partial charge is 0.264 e. The van der Waals surface area contributed by atoms with Crippen LogP contribution in [-0.4, -0.2) is 47.0 Å². The van der Waals surface area contributed by atoms with Crippen LogP contribution in [0.4, 0.5) is 21.6 Å². The van der Waals surface area contributed by atoms with Crippen molar-refractivity contribution < 1.29 is 12.8 Å². The summed E-state index contributed by atoms with van der Waals surface area (Å²) in [5.74, 6) is -0.184. The number of anilines is 3. The molecule has 1 saturated heterocycles. The van der Waals surface area contributed by atoms with Gasteiger partial charge in [-0.05, 0) is 99.9 Å². The lowest BCUT2D eigenvalue weighted by Gasteiger charge is -2.24. The molecule has 10 heteroatoms. The van der Waals surface area contributed by atoms with Crippen LogP contribution in [0, 0.1) is 12.7 Å². The number of aromatic nitrogens is 3. The predicted molar refractivity (Wildman–Crippen MR) is 165 cm³/mol. The second kappa shape index (κ2) is 11.5. The summed E-state index contributed by atoms with van der Waals surface area (Å²) >= 11 is 0. The van der Waals surface area contributed by atoms with Gasteiger partial charge in [0.2, 0.25) is 0 Å². The second-order valence-electron chi connectivity index (χ2n) is 10.9. The van der Waals surface area contributed by atoms with Crippen molar-refractivity contribution in [1.82, 2.24) is 19.4 Å². The zero-order valence-electron chi connectivity index (χ0n) is 23.6. The largest absolute Gasteiger partial charge is 0.346 e. The van der Waals surface area contributed by atoms with Gasteiger partial charge in [-0.25, -0.2) is 22.8 Å². The third kappa shape index (κ3) is 6.00. The van der Waals surface area contributed by atoms with Gasteiger partial charge in [-0.3, -0.25) is 9.62 Å². The van der Waals surface area contributed by atoms with E-state index in [2.05, 4.69) is 66.9 Å². The minimum Gasteiger partial charge on any atom is -0.346 e. The maximum atomic E-state index is 14.2. The number of hydrogen-bond acceptors (Lipinski definition) is 6. The number of fused-ring (bicyclic) bond motifs is 1. The SMILES string of the molecule is Cc1ccc(S(=O)(=O)Nc2ccc(Nc3cc(-c4ccc5c(ccn5CC(C)N5CCCC5)c4)ncn3)cc2)c(F)c1. The average Bonchev–Trinajstić information content (AvgIpc) is 3.65. The zero-order valence-corrected chi connectivity index (χ0v) is 24.4. The molecule has 8 nitrogen and oxygen atoms in total. The number of likely N-dealkylation sites (tertiary alicyclic amines) is 1. The monoisotopic (exact) mass is 584 g/mol. The molecule has 1 aliphatic rings. The normalized spacial score (nSPS) is 14.7. The molecule has 216 valence electrons. The Hall–Kier alpha value is -4.28. The van der Waals surface area contributed by atoms with Crippen molar-refractivity contribution in [3.8, 4) is 11.3 Å². The first-order valence-electron chi connectivity index (χ1n) is 14.1. The van der Waals surface area contributed by atoms with E-state index in [9.17, 15) is 12.8 Å². The highest BCUT2D eigenvalue weighted by atomic mass is 32.2. The van der Waals surface area contributed by atoms with E-state index in [1.54, 1.807) is 37.3 Å². The fraction of sp³-hybridized carbons (Fsp3) is 0.250. The van der Waals surface area contributed by atoms with Gasteiger partial charge in [0.25, 0.3) is 10.0 Å². The number of halogens is 1. The maximum absolute atomic E-state index is 14.2. The summed E-state index contributed by atoms with van der Waals surface area (Å²) in [7, 11) is -4.06. The lowest BCUT2D eigenvalue weighted by Crippen LogP contribution is -2.33. The van der Waals surface area contributed by atoms with Crippen molar-refractivity contribution in [3.05, 3.63) is 96.7 Å². The van der Waals surface area contributed by atoms with Crippen LogP contribution in [0.2, 0.25) is 0 Å². The molecule has 0 aliphatic carbocycles. The first-order valence-corrected chi connectivity index (χ1v) is 15.5. The van der Waals surface area contributed by atoms with Crippen LogP contribution in [0.1, 0.15) is 25.3 Å². The highest BCUT2D eigenvalue weighted by Gasteiger charge is 2.20. The van der Waals surface area contributed by atoms with Crippen molar-refractivity contribution in [2.45, 2.75) is 44.2 Å². The van der Waals surface area contributed by atoms with Crippen LogP contribution < -0.4 is 10.0 Å². The highest BCUT2D eigenvalue weighted by Crippen LogP contribution is 2.27. The van der Waals surface area contributed by atoms with E-state index in [4.69, 9.17) is 0 Å². The Labute approximate surface area is 245 Å². The van der Waals surface area contributed by atoms with Gasteiger partial charge in [-0.2, -0.15) is 0 Å². The summed E-state index contributed by atoms with van der Waals surface area (Å²) in [5.41, 5.74) is 4.66. The quantitative estimate of drug-likeness (QED) is 0.204. The Balaban J connectivity index is 1.14. The number of rotatable bonds is 9. The average molecular weight is 585 g/mol. The molecule has 0 saturated carbocycles. The molecule has 5 aromatic rings. The second-order valence-corrected chi connectivity index (χ2v) is 12.5. The Morgan fingerprint density at radius 1 is 0.929 bits per heavy atom. The number of sulfonamides is 1. The van der Waals surface area contributed by atoms with Crippen LogP contribution >= 0.6 is 0 Å². The molecule has 42 heavy (non-hydrogen) atoms. The molecule has 1 unspecified atom stereocenters. The molecule has 2 aromatic heterocycles. The van der Waals surface area contributed by atoms with E-state index in [0.29, 0.717) is 28.8 Å². The third-order valence-corrected chi connectivity index (χ3v) is 9.16. The summed E-state index contributed by atoms with van der Waals surface area (Å²) in [6, 6.07) is 21.6. The molecule has 3 heterocycles. The fourth-order valence-corrected chi connectivity index (χ4v) is 6.61. The topological polar surface area (TPSA) is 92.2 Å². The number of hydrogen-bond donors (Lipinski definition) is 2. The maximum Gasteiger partial charge on any atom is 0.264 e. The van der Waals surface area contributed by atoms with Crippen LogP contribution in [0.15, 0.2) is 90.2 Å². The molecule has 0 radical (unpaired) electrons. The van der Waals surface area contributed by atoms with Crippen molar-refractivity contribution in [2.75, 3.05) is 23.1 Å². The Kier molecular flexibility index (Phi) is 7.66. The van der Waals surface area contributed by atoms with Crippen molar-refractivity contribution >= 4 is 38.1 Å². The number of aryl methyl sites for hydroxylation is 1. The minimum absolute atomic E-state index is 0.318.